The fraction of sp³-hybridized carbons (Fsp3) is 0.115. The fourth-order valence-corrected chi connectivity index (χ4v) is 3.58. The van der Waals surface area contributed by atoms with Crippen LogP contribution in [0.1, 0.15) is 16.7 Å². The molecule has 5 nitrogen and oxygen atoms in total. The number of hydrogen-bond acceptors (Lipinski definition) is 5. The van der Waals surface area contributed by atoms with Gasteiger partial charge in [0, 0.05) is 22.4 Å². The molecule has 0 atom stereocenters. The predicted octanol–water partition coefficient (Wildman–Crippen LogP) is 5.90. The molecule has 0 saturated carbocycles. The number of benzene rings is 3. The molecule has 5 aromatic rings. The summed E-state index contributed by atoms with van der Waals surface area (Å²) < 4.78 is 6.27. The van der Waals surface area contributed by atoms with E-state index in [2.05, 4.69) is 72.6 Å². The van der Waals surface area contributed by atoms with Gasteiger partial charge in [-0.1, -0.05) is 42.0 Å². The predicted molar refractivity (Wildman–Crippen MR) is 125 cm³/mol. The van der Waals surface area contributed by atoms with Gasteiger partial charge in [-0.15, -0.1) is 0 Å². The van der Waals surface area contributed by atoms with E-state index in [1.807, 2.05) is 30.3 Å². The molecule has 152 valence electrons. The summed E-state index contributed by atoms with van der Waals surface area (Å²) in [5.74, 6) is 1.43. The molecule has 31 heavy (non-hydrogen) atoms. The number of rotatable bonds is 3. The Hall–Kier alpha value is -3.99. The topological polar surface area (TPSA) is 63.3 Å². The van der Waals surface area contributed by atoms with E-state index in [1.165, 1.54) is 16.7 Å². The maximum absolute atomic E-state index is 6.27. The number of aryl methyl sites for hydroxylation is 3. The molecular weight excluding hydrogens is 384 g/mol. The minimum atomic E-state index is 0.667. The number of hydrogen-bond donors (Lipinski definition) is 1. The molecule has 5 heteroatoms. The van der Waals surface area contributed by atoms with Crippen LogP contribution in [0.5, 0.6) is 0 Å². The molecule has 0 saturated heterocycles. The molecule has 2 aromatic heterocycles. The van der Waals surface area contributed by atoms with Crippen LogP contribution in [0.3, 0.4) is 0 Å². The van der Waals surface area contributed by atoms with Crippen molar-refractivity contribution in [3.63, 3.8) is 0 Å². The van der Waals surface area contributed by atoms with Gasteiger partial charge in [0.05, 0.1) is 10.9 Å². The summed E-state index contributed by atoms with van der Waals surface area (Å²) in [6.07, 6.45) is 1.55. The van der Waals surface area contributed by atoms with E-state index >= 15 is 0 Å². The first kappa shape index (κ1) is 19.0. The lowest BCUT2D eigenvalue weighted by molar-refractivity contribution is 0.617. The van der Waals surface area contributed by atoms with E-state index in [-0.39, 0.29) is 0 Å². The second kappa shape index (κ2) is 7.69. The zero-order valence-electron chi connectivity index (χ0n) is 17.7. The normalized spacial score (nSPS) is 11.9. The third-order valence-electron chi connectivity index (χ3n) is 5.52. The molecule has 5 rings (SSSR count). The standard InChI is InChI=1S/C26H22N4O/c1-16-8-10-19(11-9-16)24-14-23(21-12-17(2)18(3)13-25(21)31-24)29-30-26-20-6-4-5-7-22(20)27-15-28-26/h4-15H,1-3H3,(H,27,28,30)/b29-23-. The van der Waals surface area contributed by atoms with Crippen LogP contribution in [0.2, 0.25) is 0 Å². The Morgan fingerprint density at radius 1 is 0.806 bits per heavy atom. The first-order valence-corrected chi connectivity index (χ1v) is 10.2. The van der Waals surface area contributed by atoms with Gasteiger partial charge in [0.25, 0.3) is 0 Å². The molecule has 1 N–H and O–H groups in total. The van der Waals surface area contributed by atoms with E-state index in [9.17, 15) is 0 Å². The summed E-state index contributed by atoms with van der Waals surface area (Å²) in [5.41, 5.74) is 9.40. The minimum absolute atomic E-state index is 0.667. The van der Waals surface area contributed by atoms with Gasteiger partial charge in [0.15, 0.2) is 5.82 Å². The van der Waals surface area contributed by atoms with Crippen LogP contribution in [0.25, 0.3) is 33.2 Å². The smallest absolute Gasteiger partial charge is 0.157 e. The molecule has 0 amide bonds. The Bertz CT molecular complexity index is 1480. The highest BCUT2D eigenvalue weighted by Gasteiger charge is 2.09. The highest BCUT2D eigenvalue weighted by Crippen LogP contribution is 2.25. The zero-order chi connectivity index (χ0) is 21.4. The molecule has 0 fully saturated rings. The molecule has 0 unspecified atom stereocenters. The first-order chi connectivity index (χ1) is 15.1. The average molecular weight is 406 g/mol. The third kappa shape index (κ3) is 3.66. The zero-order valence-corrected chi connectivity index (χ0v) is 17.7. The van der Waals surface area contributed by atoms with Crippen LogP contribution in [0.4, 0.5) is 5.82 Å². The number of aromatic nitrogens is 2. The molecule has 2 heterocycles. The number of fused-ring (bicyclic) bond motifs is 2. The SMILES string of the molecule is Cc1ccc(-c2c/c(=N/Nc3ncnc4ccccc34)c3cc(C)c(C)cc3o2)cc1. The summed E-state index contributed by atoms with van der Waals surface area (Å²) in [4.78, 5) is 8.71. The van der Waals surface area contributed by atoms with Crippen molar-refractivity contribution < 1.29 is 4.42 Å². The van der Waals surface area contributed by atoms with Crippen molar-refractivity contribution in [2.24, 2.45) is 5.10 Å². The van der Waals surface area contributed by atoms with Crippen LogP contribution >= 0.6 is 0 Å². The Morgan fingerprint density at radius 2 is 1.58 bits per heavy atom. The second-order valence-electron chi connectivity index (χ2n) is 7.76. The van der Waals surface area contributed by atoms with Gasteiger partial charge in [-0.2, -0.15) is 5.10 Å². The van der Waals surface area contributed by atoms with Crippen LogP contribution in [-0.4, -0.2) is 9.97 Å². The van der Waals surface area contributed by atoms with Crippen molar-refractivity contribution in [1.82, 2.24) is 9.97 Å². The van der Waals surface area contributed by atoms with Crippen molar-refractivity contribution in [2.75, 3.05) is 5.43 Å². The Kier molecular flexibility index (Phi) is 4.71. The largest absolute Gasteiger partial charge is 0.456 e. The molecule has 0 aliphatic heterocycles. The molecule has 0 spiro atoms. The highest BCUT2D eigenvalue weighted by molar-refractivity contribution is 5.88. The number of nitrogens with zero attached hydrogens (tertiary/aromatic N) is 3. The third-order valence-corrected chi connectivity index (χ3v) is 5.52. The molecule has 0 bridgehead atoms. The maximum Gasteiger partial charge on any atom is 0.157 e. The van der Waals surface area contributed by atoms with Crippen LogP contribution in [0, 0.1) is 20.8 Å². The van der Waals surface area contributed by atoms with Gasteiger partial charge in [-0.05, 0) is 56.2 Å². The Morgan fingerprint density at radius 3 is 2.42 bits per heavy atom. The molecule has 0 aliphatic rings. The van der Waals surface area contributed by atoms with Crippen molar-refractivity contribution >= 4 is 27.7 Å². The summed E-state index contributed by atoms with van der Waals surface area (Å²) in [5, 5.41) is 7.39. The number of para-hydroxylation sites is 1. The summed E-state index contributed by atoms with van der Waals surface area (Å²) in [6, 6.07) is 22.3. The van der Waals surface area contributed by atoms with Gasteiger partial charge in [-0.25, -0.2) is 9.97 Å². The van der Waals surface area contributed by atoms with Gasteiger partial charge < -0.3 is 4.42 Å². The summed E-state index contributed by atoms with van der Waals surface area (Å²) >= 11 is 0. The molecule has 0 aliphatic carbocycles. The monoisotopic (exact) mass is 406 g/mol. The van der Waals surface area contributed by atoms with Crippen molar-refractivity contribution in [3.05, 3.63) is 95.1 Å². The van der Waals surface area contributed by atoms with Crippen molar-refractivity contribution in [3.8, 4) is 11.3 Å². The Balaban J connectivity index is 1.70. The van der Waals surface area contributed by atoms with Crippen LogP contribution < -0.4 is 10.8 Å². The lowest BCUT2D eigenvalue weighted by Crippen LogP contribution is -2.09. The van der Waals surface area contributed by atoms with E-state index in [4.69, 9.17) is 9.52 Å². The van der Waals surface area contributed by atoms with E-state index < -0.39 is 0 Å². The maximum atomic E-state index is 6.27. The summed E-state index contributed by atoms with van der Waals surface area (Å²) in [6.45, 7) is 6.26. The summed E-state index contributed by atoms with van der Waals surface area (Å²) in [7, 11) is 0. The minimum Gasteiger partial charge on any atom is -0.456 e. The Labute approximate surface area is 180 Å². The van der Waals surface area contributed by atoms with Gasteiger partial charge in [0.1, 0.15) is 17.7 Å². The lowest BCUT2D eigenvalue weighted by Gasteiger charge is -2.09. The quantitative estimate of drug-likeness (QED) is 0.379. The molecular formula is C26H22N4O. The van der Waals surface area contributed by atoms with E-state index in [0.717, 1.165) is 38.6 Å². The first-order valence-electron chi connectivity index (χ1n) is 10.2. The van der Waals surface area contributed by atoms with Gasteiger partial charge in [0.2, 0.25) is 0 Å². The highest BCUT2D eigenvalue weighted by atomic mass is 16.3. The second-order valence-corrected chi connectivity index (χ2v) is 7.76. The van der Waals surface area contributed by atoms with Crippen LogP contribution in [-0.2, 0) is 0 Å². The molecule has 3 aromatic carbocycles. The number of nitrogens with one attached hydrogen (secondary N) is 1. The van der Waals surface area contributed by atoms with E-state index in [0.29, 0.717) is 5.82 Å². The van der Waals surface area contributed by atoms with E-state index in [1.54, 1.807) is 6.33 Å². The lowest BCUT2D eigenvalue weighted by atomic mass is 10.1. The van der Waals surface area contributed by atoms with Gasteiger partial charge in [-0.3, -0.25) is 5.43 Å². The average Bonchev–Trinajstić information content (AvgIpc) is 2.79. The van der Waals surface area contributed by atoms with Gasteiger partial charge >= 0.3 is 0 Å². The van der Waals surface area contributed by atoms with Crippen molar-refractivity contribution in [2.45, 2.75) is 20.8 Å². The van der Waals surface area contributed by atoms with Crippen molar-refractivity contribution in [1.29, 1.82) is 0 Å². The number of anilines is 1. The van der Waals surface area contributed by atoms with Crippen LogP contribution in [0.15, 0.2) is 82.6 Å². The molecule has 0 radical (unpaired) electrons. The fourth-order valence-electron chi connectivity index (χ4n) is 3.58.